The normalized spacial score (nSPS) is 10.3. The second-order valence-corrected chi connectivity index (χ2v) is 4.65. The first kappa shape index (κ1) is 14.9. The predicted molar refractivity (Wildman–Crippen MR) is 80.9 cm³/mol. The SMILES string of the molecule is NC(=O)c1ccc(COc2ccccc2CCO)c(N)c1. The standard InChI is InChI=1S/C16H18N2O3/c17-14-9-12(16(18)20)5-6-13(14)10-21-15-4-2-1-3-11(15)7-8-19/h1-6,9,19H,7-8,10,17H2,(H2,18,20). The zero-order chi connectivity index (χ0) is 15.2. The lowest BCUT2D eigenvalue weighted by molar-refractivity contribution is 0.100. The van der Waals surface area contributed by atoms with Crippen LogP contribution in [-0.2, 0) is 13.0 Å². The Bertz CT molecular complexity index is 641. The lowest BCUT2D eigenvalue weighted by atomic mass is 10.1. The number of nitrogen functional groups attached to an aromatic ring is 1. The smallest absolute Gasteiger partial charge is 0.248 e. The first-order chi connectivity index (χ1) is 10.1. The summed E-state index contributed by atoms with van der Waals surface area (Å²) in [5, 5.41) is 9.04. The third-order valence-electron chi connectivity index (χ3n) is 3.17. The van der Waals surface area contributed by atoms with Gasteiger partial charge in [0, 0.05) is 23.4 Å². The summed E-state index contributed by atoms with van der Waals surface area (Å²) in [5.74, 6) is 0.201. The first-order valence-electron chi connectivity index (χ1n) is 6.61. The van der Waals surface area contributed by atoms with Crippen molar-refractivity contribution in [1.82, 2.24) is 0 Å². The van der Waals surface area contributed by atoms with Crippen LogP contribution in [-0.4, -0.2) is 17.6 Å². The lowest BCUT2D eigenvalue weighted by Gasteiger charge is -2.12. The number of aliphatic hydroxyl groups is 1. The predicted octanol–water partition coefficient (Wildman–Crippen LogP) is 1.48. The van der Waals surface area contributed by atoms with Crippen molar-refractivity contribution in [3.05, 3.63) is 59.2 Å². The third kappa shape index (κ3) is 3.73. The van der Waals surface area contributed by atoms with Crippen molar-refractivity contribution in [2.45, 2.75) is 13.0 Å². The van der Waals surface area contributed by atoms with Crippen molar-refractivity contribution in [3.8, 4) is 5.75 Å². The van der Waals surface area contributed by atoms with Gasteiger partial charge in [-0.3, -0.25) is 4.79 Å². The van der Waals surface area contributed by atoms with Gasteiger partial charge in [0.25, 0.3) is 0 Å². The highest BCUT2D eigenvalue weighted by molar-refractivity contribution is 5.93. The molecule has 0 radical (unpaired) electrons. The molecule has 0 heterocycles. The molecule has 110 valence electrons. The number of hydrogen-bond donors (Lipinski definition) is 3. The summed E-state index contributed by atoms with van der Waals surface area (Å²) in [5.41, 5.74) is 13.6. The van der Waals surface area contributed by atoms with E-state index in [-0.39, 0.29) is 13.2 Å². The fourth-order valence-corrected chi connectivity index (χ4v) is 2.01. The molecule has 0 aliphatic heterocycles. The molecule has 5 heteroatoms. The summed E-state index contributed by atoms with van der Waals surface area (Å²) in [6.07, 6.45) is 0.534. The molecule has 0 aliphatic rings. The van der Waals surface area contributed by atoms with Crippen LogP contribution in [0, 0.1) is 0 Å². The molecular formula is C16H18N2O3. The number of para-hydroxylation sites is 1. The van der Waals surface area contributed by atoms with E-state index in [1.165, 1.54) is 0 Å². The van der Waals surface area contributed by atoms with Crippen molar-refractivity contribution < 1.29 is 14.6 Å². The minimum atomic E-state index is -0.512. The quantitative estimate of drug-likeness (QED) is 0.700. The van der Waals surface area contributed by atoms with Crippen LogP contribution in [0.4, 0.5) is 5.69 Å². The number of carbonyl (C=O) groups excluding carboxylic acids is 1. The zero-order valence-electron chi connectivity index (χ0n) is 11.6. The Morgan fingerprint density at radius 3 is 2.57 bits per heavy atom. The Balaban J connectivity index is 2.11. The van der Waals surface area contributed by atoms with Crippen molar-refractivity contribution in [2.24, 2.45) is 5.73 Å². The van der Waals surface area contributed by atoms with E-state index in [0.717, 1.165) is 11.1 Å². The second-order valence-electron chi connectivity index (χ2n) is 4.65. The first-order valence-corrected chi connectivity index (χ1v) is 6.61. The summed E-state index contributed by atoms with van der Waals surface area (Å²) >= 11 is 0. The van der Waals surface area contributed by atoms with E-state index in [1.807, 2.05) is 24.3 Å². The van der Waals surface area contributed by atoms with Gasteiger partial charge in [-0.15, -0.1) is 0 Å². The third-order valence-corrected chi connectivity index (χ3v) is 3.17. The number of carbonyl (C=O) groups is 1. The van der Waals surface area contributed by atoms with Gasteiger partial charge in [-0.25, -0.2) is 0 Å². The number of aliphatic hydroxyl groups excluding tert-OH is 1. The number of hydrogen-bond acceptors (Lipinski definition) is 4. The monoisotopic (exact) mass is 286 g/mol. The van der Waals surface area contributed by atoms with Gasteiger partial charge in [0.05, 0.1) is 0 Å². The molecule has 0 fully saturated rings. The topological polar surface area (TPSA) is 98.6 Å². The maximum atomic E-state index is 11.1. The Morgan fingerprint density at radius 2 is 1.90 bits per heavy atom. The summed E-state index contributed by atoms with van der Waals surface area (Å²) in [6, 6.07) is 12.4. The molecule has 0 unspecified atom stereocenters. The number of rotatable bonds is 6. The van der Waals surface area contributed by atoms with Crippen molar-refractivity contribution in [3.63, 3.8) is 0 Å². The van der Waals surface area contributed by atoms with Crippen LogP contribution in [0.15, 0.2) is 42.5 Å². The van der Waals surface area contributed by atoms with Crippen LogP contribution in [0.25, 0.3) is 0 Å². The zero-order valence-corrected chi connectivity index (χ0v) is 11.6. The number of benzene rings is 2. The second kappa shape index (κ2) is 6.76. The van der Waals surface area contributed by atoms with Gasteiger partial charge in [0.1, 0.15) is 12.4 Å². The summed E-state index contributed by atoms with van der Waals surface area (Å²) in [4.78, 5) is 11.1. The highest BCUT2D eigenvalue weighted by Gasteiger charge is 2.07. The Hall–Kier alpha value is -2.53. The number of nitrogens with two attached hydrogens (primary N) is 2. The molecule has 2 aromatic rings. The number of primary amides is 1. The summed E-state index contributed by atoms with van der Waals surface area (Å²) in [7, 11) is 0. The Labute approximate surface area is 123 Å². The molecule has 0 aromatic heterocycles. The number of anilines is 1. The molecule has 2 rings (SSSR count). The van der Waals surface area contributed by atoms with E-state index in [1.54, 1.807) is 18.2 Å². The van der Waals surface area contributed by atoms with Crippen LogP contribution >= 0.6 is 0 Å². The van der Waals surface area contributed by atoms with E-state index in [9.17, 15) is 4.79 Å². The minimum Gasteiger partial charge on any atom is -0.489 e. The molecule has 0 saturated carbocycles. The molecule has 1 amide bonds. The summed E-state index contributed by atoms with van der Waals surface area (Å²) < 4.78 is 5.75. The van der Waals surface area contributed by atoms with Gasteiger partial charge < -0.3 is 21.3 Å². The molecule has 5 nitrogen and oxygen atoms in total. The van der Waals surface area contributed by atoms with Gasteiger partial charge in [-0.1, -0.05) is 24.3 Å². The van der Waals surface area contributed by atoms with E-state index in [0.29, 0.717) is 23.4 Å². The molecule has 0 saturated heterocycles. The molecule has 21 heavy (non-hydrogen) atoms. The van der Waals surface area contributed by atoms with Crippen molar-refractivity contribution in [1.29, 1.82) is 0 Å². The fourth-order valence-electron chi connectivity index (χ4n) is 2.01. The number of ether oxygens (including phenoxy) is 1. The van der Waals surface area contributed by atoms with E-state index in [4.69, 9.17) is 21.3 Å². The van der Waals surface area contributed by atoms with Gasteiger partial charge in [0.2, 0.25) is 5.91 Å². The summed E-state index contributed by atoms with van der Waals surface area (Å²) in [6.45, 7) is 0.350. The molecule has 2 aromatic carbocycles. The molecular weight excluding hydrogens is 268 g/mol. The average molecular weight is 286 g/mol. The fraction of sp³-hybridized carbons (Fsp3) is 0.188. The van der Waals surface area contributed by atoms with Crippen LogP contribution in [0.1, 0.15) is 21.5 Å². The van der Waals surface area contributed by atoms with Crippen LogP contribution in [0.5, 0.6) is 5.75 Å². The van der Waals surface area contributed by atoms with Crippen LogP contribution in [0.2, 0.25) is 0 Å². The minimum absolute atomic E-state index is 0.0653. The molecule has 0 aliphatic carbocycles. The van der Waals surface area contributed by atoms with Gasteiger partial charge in [-0.05, 0) is 30.2 Å². The van der Waals surface area contributed by atoms with E-state index >= 15 is 0 Å². The van der Waals surface area contributed by atoms with Gasteiger partial charge in [-0.2, -0.15) is 0 Å². The van der Waals surface area contributed by atoms with Gasteiger partial charge in [0.15, 0.2) is 0 Å². The van der Waals surface area contributed by atoms with Crippen LogP contribution < -0.4 is 16.2 Å². The maximum absolute atomic E-state index is 11.1. The highest BCUT2D eigenvalue weighted by atomic mass is 16.5. The van der Waals surface area contributed by atoms with E-state index < -0.39 is 5.91 Å². The molecule has 0 spiro atoms. The average Bonchev–Trinajstić information content (AvgIpc) is 2.47. The molecule has 0 bridgehead atoms. The van der Waals surface area contributed by atoms with Crippen LogP contribution in [0.3, 0.4) is 0 Å². The Kier molecular flexibility index (Phi) is 4.79. The van der Waals surface area contributed by atoms with E-state index in [2.05, 4.69) is 0 Å². The molecule has 5 N–H and O–H groups in total. The molecule has 0 atom stereocenters. The largest absolute Gasteiger partial charge is 0.489 e. The maximum Gasteiger partial charge on any atom is 0.248 e. The van der Waals surface area contributed by atoms with Gasteiger partial charge >= 0.3 is 0 Å². The number of amides is 1. The Morgan fingerprint density at radius 1 is 1.14 bits per heavy atom. The van der Waals surface area contributed by atoms with Crippen molar-refractivity contribution >= 4 is 11.6 Å². The lowest BCUT2D eigenvalue weighted by Crippen LogP contribution is -2.12. The highest BCUT2D eigenvalue weighted by Crippen LogP contribution is 2.22. The van der Waals surface area contributed by atoms with Crippen molar-refractivity contribution in [2.75, 3.05) is 12.3 Å².